The van der Waals surface area contributed by atoms with Crippen molar-refractivity contribution in [3.8, 4) is 0 Å². The maximum Gasteiger partial charge on any atom is 0.278 e. The van der Waals surface area contributed by atoms with Crippen LogP contribution >= 0.6 is 23.2 Å². The lowest BCUT2D eigenvalue weighted by molar-refractivity contribution is 0.490. The Hall–Kier alpha value is -1.63. The molecule has 0 aromatic heterocycles. The topological polar surface area (TPSA) is 49.7 Å². The van der Waals surface area contributed by atoms with Crippen molar-refractivity contribution < 1.29 is 12.8 Å². The lowest BCUT2D eigenvalue weighted by atomic mass is 10.2. The molecule has 0 aliphatic carbocycles. The van der Waals surface area contributed by atoms with E-state index in [0.29, 0.717) is 4.41 Å². The molecular formula is C14H11Cl2FN2O2S. The van der Waals surface area contributed by atoms with Crippen molar-refractivity contribution in [3.63, 3.8) is 0 Å². The molecule has 0 radical (unpaired) electrons. The van der Waals surface area contributed by atoms with Crippen LogP contribution in [-0.2, 0) is 10.0 Å². The van der Waals surface area contributed by atoms with Gasteiger partial charge in [0.1, 0.15) is 5.82 Å². The molecule has 2 rings (SSSR count). The van der Waals surface area contributed by atoms with Gasteiger partial charge in [-0.15, -0.1) is 5.10 Å². The number of nitrogens with zero attached hydrogens (tertiary/aromatic N) is 2. The monoisotopic (exact) mass is 360 g/mol. The van der Waals surface area contributed by atoms with Crippen LogP contribution in [0.15, 0.2) is 58.5 Å². The molecule has 116 valence electrons. The highest BCUT2D eigenvalue weighted by molar-refractivity contribution is 7.89. The van der Waals surface area contributed by atoms with E-state index >= 15 is 0 Å². The van der Waals surface area contributed by atoms with Gasteiger partial charge in [-0.1, -0.05) is 47.5 Å². The summed E-state index contributed by atoms with van der Waals surface area (Å²) in [5.74, 6) is -0.688. The molecule has 0 saturated carbocycles. The maximum atomic E-state index is 13.8. The van der Waals surface area contributed by atoms with Crippen LogP contribution in [-0.4, -0.2) is 25.1 Å². The van der Waals surface area contributed by atoms with Gasteiger partial charge >= 0.3 is 0 Å². The molecule has 0 atom stereocenters. The second-order valence-electron chi connectivity index (χ2n) is 4.24. The summed E-state index contributed by atoms with van der Waals surface area (Å²) in [6, 6.07) is 11.7. The van der Waals surface area contributed by atoms with Crippen LogP contribution in [0.25, 0.3) is 0 Å². The van der Waals surface area contributed by atoms with Crippen LogP contribution in [0, 0.1) is 5.82 Å². The summed E-state index contributed by atoms with van der Waals surface area (Å²) in [6.07, 6.45) is 0. The van der Waals surface area contributed by atoms with Crippen molar-refractivity contribution >= 4 is 38.4 Å². The van der Waals surface area contributed by atoms with Gasteiger partial charge in [-0.05, 0) is 24.3 Å². The van der Waals surface area contributed by atoms with E-state index in [1.54, 1.807) is 18.2 Å². The van der Waals surface area contributed by atoms with Crippen molar-refractivity contribution in [1.82, 2.24) is 4.41 Å². The highest BCUT2D eigenvalue weighted by atomic mass is 35.5. The molecule has 0 spiro atoms. The molecule has 0 unspecified atom stereocenters. The lowest BCUT2D eigenvalue weighted by Gasteiger charge is -2.14. The fraction of sp³-hybridized carbons (Fsp3) is 0.0714. The highest BCUT2D eigenvalue weighted by Crippen LogP contribution is 2.23. The number of hydrazone groups is 1. The Morgan fingerprint density at radius 1 is 1.14 bits per heavy atom. The molecule has 0 saturated heterocycles. The minimum absolute atomic E-state index is 0.0410. The molecule has 0 fully saturated rings. The summed E-state index contributed by atoms with van der Waals surface area (Å²) in [5.41, 5.74) is -0.152. The Bertz CT molecular complexity index is 791. The Morgan fingerprint density at radius 3 is 2.36 bits per heavy atom. The van der Waals surface area contributed by atoms with E-state index in [1.807, 2.05) is 0 Å². The van der Waals surface area contributed by atoms with Crippen molar-refractivity contribution in [1.29, 1.82) is 0 Å². The molecule has 22 heavy (non-hydrogen) atoms. The van der Waals surface area contributed by atoms with E-state index in [1.165, 1.54) is 31.3 Å². The number of benzene rings is 2. The summed E-state index contributed by atoms with van der Waals surface area (Å²) in [5, 5.41) is 3.40. The first-order chi connectivity index (χ1) is 10.3. The van der Waals surface area contributed by atoms with Gasteiger partial charge in [0.05, 0.1) is 15.5 Å². The molecule has 8 heteroatoms. The minimum Gasteiger partial charge on any atom is -0.206 e. The smallest absolute Gasteiger partial charge is 0.206 e. The van der Waals surface area contributed by atoms with Gasteiger partial charge in [-0.2, -0.15) is 12.8 Å². The zero-order valence-electron chi connectivity index (χ0n) is 11.4. The number of hydrogen-bond acceptors (Lipinski definition) is 3. The third-order valence-electron chi connectivity index (χ3n) is 2.79. The molecule has 0 heterocycles. The van der Waals surface area contributed by atoms with Crippen molar-refractivity contribution in [3.05, 3.63) is 64.9 Å². The standard InChI is InChI=1S/C14H11Cl2FN2O2S/c1-19(22(20,21)10-6-3-2-4-7-10)18-14(16)13-11(15)8-5-9-12(13)17/h2-9H,1H3. The summed E-state index contributed by atoms with van der Waals surface area (Å²) in [7, 11) is -2.66. The minimum atomic E-state index is -3.87. The molecule has 0 bridgehead atoms. The molecule has 2 aromatic rings. The zero-order chi connectivity index (χ0) is 16.3. The van der Waals surface area contributed by atoms with Gasteiger partial charge < -0.3 is 0 Å². The summed E-state index contributed by atoms with van der Waals surface area (Å²) in [4.78, 5) is 0.0466. The third kappa shape index (κ3) is 3.40. The second-order valence-corrected chi connectivity index (χ2v) is 6.96. The van der Waals surface area contributed by atoms with E-state index < -0.39 is 15.8 Å². The SMILES string of the molecule is CN(N=C(Cl)c1c(F)cccc1Cl)S(=O)(=O)c1ccccc1. The first-order valence-electron chi connectivity index (χ1n) is 6.06. The fourth-order valence-electron chi connectivity index (χ4n) is 1.67. The Balaban J connectivity index is 2.40. The Labute approximate surface area is 137 Å². The van der Waals surface area contributed by atoms with Crippen molar-refractivity contribution in [2.45, 2.75) is 4.90 Å². The molecule has 0 aliphatic rings. The van der Waals surface area contributed by atoms with Crippen LogP contribution in [0.3, 0.4) is 0 Å². The van der Waals surface area contributed by atoms with Crippen molar-refractivity contribution in [2.75, 3.05) is 7.05 Å². The van der Waals surface area contributed by atoms with Gasteiger partial charge in [0.15, 0.2) is 5.17 Å². The van der Waals surface area contributed by atoms with Gasteiger partial charge in [-0.25, -0.2) is 4.39 Å². The largest absolute Gasteiger partial charge is 0.278 e. The molecule has 0 N–H and O–H groups in total. The Kier molecular flexibility index (Phi) is 5.05. The van der Waals surface area contributed by atoms with Gasteiger partial charge in [-0.3, -0.25) is 0 Å². The van der Waals surface area contributed by atoms with E-state index in [9.17, 15) is 12.8 Å². The number of sulfonamides is 1. The number of halogens is 3. The molecule has 4 nitrogen and oxygen atoms in total. The Morgan fingerprint density at radius 2 is 1.77 bits per heavy atom. The number of rotatable bonds is 4. The third-order valence-corrected chi connectivity index (χ3v) is 5.01. The molecule has 0 amide bonds. The van der Waals surface area contributed by atoms with E-state index in [2.05, 4.69) is 5.10 Å². The molecule has 2 aromatic carbocycles. The van der Waals surface area contributed by atoms with E-state index in [4.69, 9.17) is 23.2 Å². The summed E-state index contributed by atoms with van der Waals surface area (Å²) >= 11 is 11.8. The molecule has 0 aliphatic heterocycles. The second kappa shape index (κ2) is 6.64. The first-order valence-corrected chi connectivity index (χ1v) is 8.26. The van der Waals surface area contributed by atoms with Crippen LogP contribution < -0.4 is 0 Å². The normalized spacial score (nSPS) is 12.3. The van der Waals surface area contributed by atoms with Crippen LogP contribution in [0.1, 0.15) is 5.56 Å². The van der Waals surface area contributed by atoms with Crippen molar-refractivity contribution in [2.24, 2.45) is 5.10 Å². The fourth-order valence-corrected chi connectivity index (χ4v) is 3.31. The van der Waals surface area contributed by atoms with E-state index in [0.717, 1.165) is 6.07 Å². The highest BCUT2D eigenvalue weighted by Gasteiger charge is 2.21. The van der Waals surface area contributed by atoms with Crippen LogP contribution in [0.4, 0.5) is 4.39 Å². The molecular weight excluding hydrogens is 350 g/mol. The van der Waals surface area contributed by atoms with Crippen LogP contribution in [0.2, 0.25) is 5.02 Å². The van der Waals surface area contributed by atoms with E-state index in [-0.39, 0.29) is 20.7 Å². The zero-order valence-corrected chi connectivity index (χ0v) is 13.7. The van der Waals surface area contributed by atoms with Gasteiger partial charge in [0.2, 0.25) is 0 Å². The van der Waals surface area contributed by atoms with Gasteiger partial charge in [0, 0.05) is 7.05 Å². The predicted octanol–water partition coefficient (Wildman–Crippen LogP) is 3.70. The average molecular weight is 361 g/mol. The van der Waals surface area contributed by atoms with Gasteiger partial charge in [0.25, 0.3) is 10.0 Å². The quantitative estimate of drug-likeness (QED) is 0.616. The lowest BCUT2D eigenvalue weighted by Crippen LogP contribution is -2.23. The number of hydrogen-bond donors (Lipinski definition) is 0. The predicted molar refractivity (Wildman–Crippen MR) is 85.2 cm³/mol. The summed E-state index contributed by atoms with van der Waals surface area (Å²) < 4.78 is 39.0. The first kappa shape index (κ1) is 16.7. The average Bonchev–Trinajstić information content (AvgIpc) is 2.47. The maximum absolute atomic E-state index is 13.8. The summed E-state index contributed by atoms with van der Waals surface area (Å²) in [6.45, 7) is 0. The van der Waals surface area contributed by atoms with Crippen LogP contribution in [0.5, 0.6) is 0 Å².